The van der Waals surface area contributed by atoms with Gasteiger partial charge in [0.05, 0.1) is 5.75 Å². The van der Waals surface area contributed by atoms with Crippen LogP contribution in [-0.4, -0.2) is 31.2 Å². The van der Waals surface area contributed by atoms with E-state index < -0.39 is 27.8 Å². The van der Waals surface area contributed by atoms with Crippen LogP contribution in [0.25, 0.3) is 0 Å². The molecule has 0 unspecified atom stereocenters. The van der Waals surface area contributed by atoms with E-state index in [1.165, 1.54) is 7.05 Å². The van der Waals surface area contributed by atoms with E-state index >= 15 is 0 Å². The fourth-order valence-corrected chi connectivity index (χ4v) is 2.83. The van der Waals surface area contributed by atoms with Crippen LogP contribution in [0.2, 0.25) is 0 Å². The molecule has 26 heavy (non-hydrogen) atoms. The Morgan fingerprint density at radius 2 is 1.77 bits per heavy atom. The van der Waals surface area contributed by atoms with Gasteiger partial charge in [-0.3, -0.25) is 9.48 Å². The van der Waals surface area contributed by atoms with Gasteiger partial charge in [0.25, 0.3) is 0 Å². The van der Waals surface area contributed by atoms with Gasteiger partial charge in [-0.25, -0.2) is 13.1 Å². The lowest BCUT2D eigenvalue weighted by molar-refractivity contribution is -0.141. The van der Waals surface area contributed by atoms with Crippen LogP contribution in [0.3, 0.4) is 0 Å². The van der Waals surface area contributed by atoms with Crippen molar-refractivity contribution in [2.24, 2.45) is 0 Å². The number of nitrogens with zero attached hydrogens (tertiary/aromatic N) is 2. The topological polar surface area (TPSA) is 93.1 Å². The molecule has 0 fully saturated rings. The second kappa shape index (κ2) is 7.87. The number of hydrogen-bond acceptors (Lipinski definition) is 4. The average Bonchev–Trinajstić information content (AvgIpc) is 3.03. The van der Waals surface area contributed by atoms with Gasteiger partial charge >= 0.3 is 6.18 Å². The van der Waals surface area contributed by atoms with E-state index in [0.29, 0.717) is 5.56 Å². The summed E-state index contributed by atoms with van der Waals surface area (Å²) < 4.78 is 63.4. The summed E-state index contributed by atoms with van der Waals surface area (Å²) in [5, 5.41) is 5.86. The third-order valence-corrected chi connectivity index (χ3v) is 4.75. The summed E-state index contributed by atoms with van der Waals surface area (Å²) >= 11 is 0. The predicted molar refractivity (Wildman–Crippen MR) is 87.2 cm³/mol. The summed E-state index contributed by atoms with van der Waals surface area (Å²) in [6, 6.07) is 7.37. The number of rotatable bonds is 7. The maximum absolute atomic E-state index is 12.4. The van der Waals surface area contributed by atoms with Crippen LogP contribution in [-0.2, 0) is 39.8 Å². The number of alkyl halides is 3. The molecule has 7 nitrogen and oxygen atoms in total. The van der Waals surface area contributed by atoms with Crippen LogP contribution in [0.1, 0.15) is 16.8 Å². The number of aromatic nitrogens is 2. The lowest BCUT2D eigenvalue weighted by Gasteiger charge is -2.07. The molecule has 0 radical (unpaired) electrons. The van der Waals surface area contributed by atoms with E-state index in [-0.39, 0.29) is 18.8 Å². The highest BCUT2D eigenvalue weighted by atomic mass is 32.2. The van der Waals surface area contributed by atoms with Crippen LogP contribution in [0.5, 0.6) is 0 Å². The molecule has 1 aromatic carbocycles. The van der Waals surface area contributed by atoms with E-state index in [9.17, 15) is 26.4 Å². The minimum absolute atomic E-state index is 0.156. The molecular weight excluding hydrogens is 373 g/mol. The van der Waals surface area contributed by atoms with Crippen LogP contribution >= 0.6 is 0 Å². The van der Waals surface area contributed by atoms with Gasteiger partial charge in [0.15, 0.2) is 5.69 Å². The van der Waals surface area contributed by atoms with Crippen molar-refractivity contribution in [3.8, 4) is 0 Å². The Kier molecular flexibility index (Phi) is 6.03. The lowest BCUT2D eigenvalue weighted by atomic mass is 10.1. The van der Waals surface area contributed by atoms with Crippen molar-refractivity contribution in [3.63, 3.8) is 0 Å². The van der Waals surface area contributed by atoms with E-state index in [4.69, 9.17) is 0 Å². The summed E-state index contributed by atoms with van der Waals surface area (Å²) in [5.74, 6) is -0.652. The Hall–Kier alpha value is -2.40. The van der Waals surface area contributed by atoms with Crippen molar-refractivity contribution in [1.82, 2.24) is 19.8 Å². The van der Waals surface area contributed by atoms with Gasteiger partial charge in [-0.05, 0) is 24.2 Å². The molecular formula is C15H17F3N4O3S. The van der Waals surface area contributed by atoms with Crippen molar-refractivity contribution in [1.29, 1.82) is 0 Å². The van der Waals surface area contributed by atoms with Gasteiger partial charge in [-0.2, -0.15) is 18.3 Å². The number of benzene rings is 1. The fourth-order valence-electron chi connectivity index (χ4n) is 2.05. The molecule has 1 heterocycles. The normalized spacial score (nSPS) is 12.2. The first-order valence-electron chi connectivity index (χ1n) is 7.45. The maximum atomic E-state index is 12.4. The minimum Gasteiger partial charge on any atom is -0.350 e. The Morgan fingerprint density at radius 3 is 2.31 bits per heavy atom. The van der Waals surface area contributed by atoms with Crippen LogP contribution in [0, 0.1) is 0 Å². The Labute approximate surface area is 148 Å². The number of halogens is 3. The van der Waals surface area contributed by atoms with E-state index in [1.54, 1.807) is 24.3 Å². The van der Waals surface area contributed by atoms with Crippen LogP contribution in [0.4, 0.5) is 13.2 Å². The SMILES string of the molecule is CNS(=O)(=O)Cc1ccc(CNC(=O)Cn2ccc(C(F)(F)F)n2)cc1. The third-order valence-electron chi connectivity index (χ3n) is 3.42. The number of sulfonamides is 1. The quantitative estimate of drug-likeness (QED) is 0.745. The second-order valence-electron chi connectivity index (χ2n) is 5.45. The Morgan fingerprint density at radius 1 is 1.15 bits per heavy atom. The molecule has 0 saturated carbocycles. The molecule has 142 valence electrons. The number of amides is 1. The Bertz CT molecular complexity index is 861. The number of hydrogen-bond donors (Lipinski definition) is 2. The molecule has 0 saturated heterocycles. The second-order valence-corrected chi connectivity index (χ2v) is 7.38. The highest BCUT2D eigenvalue weighted by Crippen LogP contribution is 2.27. The highest BCUT2D eigenvalue weighted by Gasteiger charge is 2.33. The van der Waals surface area contributed by atoms with Crippen molar-refractivity contribution in [3.05, 3.63) is 53.3 Å². The summed E-state index contributed by atoms with van der Waals surface area (Å²) in [6.45, 7) is -0.181. The van der Waals surface area contributed by atoms with Gasteiger partial charge in [-0.1, -0.05) is 24.3 Å². The largest absolute Gasteiger partial charge is 0.435 e. The zero-order chi connectivity index (χ0) is 19.4. The monoisotopic (exact) mass is 390 g/mol. The van der Waals surface area contributed by atoms with E-state index in [1.807, 2.05) is 0 Å². The zero-order valence-corrected chi connectivity index (χ0v) is 14.6. The molecule has 1 aromatic heterocycles. The van der Waals surface area contributed by atoms with Gasteiger partial charge in [0.2, 0.25) is 15.9 Å². The third kappa shape index (κ3) is 5.85. The molecule has 2 aromatic rings. The lowest BCUT2D eigenvalue weighted by Crippen LogP contribution is -2.27. The van der Waals surface area contributed by atoms with Gasteiger partial charge < -0.3 is 5.32 Å². The van der Waals surface area contributed by atoms with Crippen LogP contribution in [0.15, 0.2) is 36.5 Å². The molecule has 2 N–H and O–H groups in total. The van der Waals surface area contributed by atoms with E-state index in [0.717, 1.165) is 22.5 Å². The summed E-state index contributed by atoms with van der Waals surface area (Å²) in [6.07, 6.45) is -3.47. The Balaban J connectivity index is 1.86. The first kappa shape index (κ1) is 19.9. The molecule has 2 rings (SSSR count). The summed E-state index contributed by atoms with van der Waals surface area (Å²) in [5.41, 5.74) is 0.253. The van der Waals surface area contributed by atoms with Crippen molar-refractivity contribution in [2.75, 3.05) is 7.05 Å². The van der Waals surface area contributed by atoms with Crippen molar-refractivity contribution in [2.45, 2.75) is 25.0 Å². The standard InChI is InChI=1S/C15H17F3N4O3S/c1-19-26(24,25)10-12-4-2-11(3-5-12)8-20-14(23)9-22-7-6-13(21-22)15(16,17)18/h2-7,19H,8-10H2,1H3,(H,20,23). The fraction of sp³-hybridized carbons (Fsp3) is 0.333. The first-order valence-corrected chi connectivity index (χ1v) is 9.11. The van der Waals surface area contributed by atoms with Crippen molar-refractivity contribution < 1.29 is 26.4 Å². The summed E-state index contributed by atoms with van der Waals surface area (Å²) in [7, 11) is -2.03. The van der Waals surface area contributed by atoms with Crippen molar-refractivity contribution >= 4 is 15.9 Å². The molecule has 0 aliphatic carbocycles. The number of carbonyl (C=O) groups excluding carboxylic acids is 1. The molecule has 1 amide bonds. The minimum atomic E-state index is -4.55. The number of nitrogens with one attached hydrogen (secondary N) is 2. The molecule has 0 bridgehead atoms. The highest BCUT2D eigenvalue weighted by molar-refractivity contribution is 7.88. The van der Waals surface area contributed by atoms with Crippen LogP contribution < -0.4 is 10.0 Å². The van der Waals surface area contributed by atoms with E-state index in [2.05, 4.69) is 15.1 Å². The van der Waals surface area contributed by atoms with Gasteiger partial charge in [-0.15, -0.1) is 0 Å². The summed E-state index contributed by atoms with van der Waals surface area (Å²) in [4.78, 5) is 11.8. The smallest absolute Gasteiger partial charge is 0.350 e. The number of carbonyl (C=O) groups is 1. The predicted octanol–water partition coefficient (Wildman–Crippen LogP) is 1.27. The van der Waals surface area contributed by atoms with Gasteiger partial charge in [0, 0.05) is 12.7 Å². The first-order chi connectivity index (χ1) is 12.1. The van der Waals surface area contributed by atoms with Gasteiger partial charge in [0.1, 0.15) is 6.54 Å². The molecule has 0 spiro atoms. The molecule has 0 aliphatic heterocycles. The molecule has 11 heteroatoms. The zero-order valence-electron chi connectivity index (χ0n) is 13.7. The molecule has 0 atom stereocenters. The maximum Gasteiger partial charge on any atom is 0.435 e. The molecule has 0 aliphatic rings. The average molecular weight is 390 g/mol.